The number of rotatable bonds is 10. The molecule has 1 saturated carbocycles. The van der Waals surface area contributed by atoms with E-state index < -0.39 is 27.8 Å². The molecule has 0 radical (unpaired) electrons. The number of piperazine rings is 1. The fourth-order valence-corrected chi connectivity index (χ4v) is 9.12. The molecule has 1 aliphatic carbocycles. The SMILES string of the molecule is CC(C)O[C@H]1CC[C@H]([C@H](c2ccc(Cl)cc2)[C@H](N)C(=O)Nc2cncc(F)c2CC[C@H]2CN[C@@H]3CCCS(=O)(=O)N2C3)CC1. The Morgan fingerprint density at radius 1 is 1.18 bits per heavy atom. The lowest BCUT2D eigenvalue weighted by Gasteiger charge is -2.37. The smallest absolute Gasteiger partial charge is 0.241 e. The summed E-state index contributed by atoms with van der Waals surface area (Å²) in [6, 6.07) is 6.41. The second-order valence-electron chi connectivity index (χ2n) is 12.8. The number of hydrogen-bond donors (Lipinski definition) is 3. The first-order valence-corrected chi connectivity index (χ1v) is 17.8. The monoisotopic (exact) mass is 649 g/mol. The minimum atomic E-state index is -3.37. The summed E-state index contributed by atoms with van der Waals surface area (Å²) >= 11 is 6.18. The van der Waals surface area contributed by atoms with Gasteiger partial charge in [0.05, 0.1) is 42.1 Å². The predicted molar refractivity (Wildman–Crippen MR) is 171 cm³/mol. The van der Waals surface area contributed by atoms with Gasteiger partial charge in [-0.1, -0.05) is 23.7 Å². The number of sulfonamides is 1. The number of aromatic nitrogens is 1. The number of hydrogen-bond acceptors (Lipinski definition) is 7. The normalized spacial score (nSPS) is 28.2. The van der Waals surface area contributed by atoms with Crippen LogP contribution in [0.1, 0.15) is 75.8 Å². The fourth-order valence-electron chi connectivity index (χ4n) is 7.18. The molecule has 5 rings (SSSR count). The maximum Gasteiger partial charge on any atom is 0.241 e. The zero-order valence-corrected chi connectivity index (χ0v) is 27.1. The summed E-state index contributed by atoms with van der Waals surface area (Å²) < 4.78 is 48.6. The summed E-state index contributed by atoms with van der Waals surface area (Å²) in [7, 11) is -3.37. The predicted octanol–water partition coefficient (Wildman–Crippen LogP) is 4.61. The highest BCUT2D eigenvalue weighted by atomic mass is 35.5. The van der Waals surface area contributed by atoms with Crippen molar-refractivity contribution >= 4 is 33.2 Å². The number of benzene rings is 1. The van der Waals surface area contributed by atoms with Gasteiger partial charge in [-0.25, -0.2) is 12.8 Å². The van der Waals surface area contributed by atoms with Crippen LogP contribution in [0.5, 0.6) is 0 Å². The van der Waals surface area contributed by atoms with Gasteiger partial charge in [-0.3, -0.25) is 9.78 Å². The molecule has 3 heterocycles. The van der Waals surface area contributed by atoms with Crippen molar-refractivity contribution < 1.29 is 22.3 Å². The molecule has 9 nitrogen and oxygen atoms in total. The summed E-state index contributed by atoms with van der Waals surface area (Å²) in [5.41, 5.74) is 8.22. The number of ether oxygens (including phenoxy) is 1. The summed E-state index contributed by atoms with van der Waals surface area (Å²) in [6.45, 7) is 5.02. The summed E-state index contributed by atoms with van der Waals surface area (Å²) in [4.78, 5) is 17.7. The van der Waals surface area contributed by atoms with E-state index in [-0.39, 0.29) is 54.0 Å². The second-order valence-corrected chi connectivity index (χ2v) is 15.3. The van der Waals surface area contributed by atoms with Gasteiger partial charge in [0.15, 0.2) is 0 Å². The first-order chi connectivity index (χ1) is 21.0. The third-order valence-electron chi connectivity index (χ3n) is 9.39. The molecule has 1 unspecified atom stereocenters. The van der Waals surface area contributed by atoms with Crippen molar-refractivity contribution in [2.75, 3.05) is 24.2 Å². The van der Waals surface area contributed by atoms with Gasteiger partial charge in [0, 0.05) is 41.7 Å². The van der Waals surface area contributed by atoms with Crippen molar-refractivity contribution in [2.45, 2.75) is 101 Å². The number of carbonyl (C=O) groups is 1. The third kappa shape index (κ3) is 7.97. The van der Waals surface area contributed by atoms with Crippen LogP contribution in [0.15, 0.2) is 36.7 Å². The van der Waals surface area contributed by atoms with Crippen LogP contribution >= 0.6 is 11.6 Å². The fraction of sp³-hybridized carbons (Fsp3) is 0.625. The van der Waals surface area contributed by atoms with Crippen LogP contribution in [0.25, 0.3) is 0 Å². The lowest BCUT2D eigenvalue weighted by atomic mass is 9.72. The number of nitrogens with two attached hydrogens (primary N) is 1. The Morgan fingerprint density at radius 3 is 2.61 bits per heavy atom. The van der Waals surface area contributed by atoms with E-state index in [1.165, 1.54) is 6.20 Å². The summed E-state index contributed by atoms with van der Waals surface area (Å²) in [5, 5.41) is 6.93. The molecule has 44 heavy (non-hydrogen) atoms. The van der Waals surface area contributed by atoms with Crippen LogP contribution in [-0.4, -0.2) is 72.8 Å². The maximum absolute atomic E-state index is 15.2. The number of carbonyl (C=O) groups excluding carboxylic acids is 1. The molecule has 2 aliphatic heterocycles. The first kappa shape index (κ1) is 33.2. The van der Waals surface area contributed by atoms with Crippen LogP contribution in [0.3, 0.4) is 0 Å². The molecular weight excluding hydrogens is 605 g/mol. The molecule has 0 spiro atoms. The second kappa shape index (κ2) is 14.5. The van der Waals surface area contributed by atoms with Crippen LogP contribution < -0.4 is 16.4 Å². The first-order valence-electron chi connectivity index (χ1n) is 15.8. The highest BCUT2D eigenvalue weighted by molar-refractivity contribution is 7.89. The van der Waals surface area contributed by atoms with E-state index in [0.29, 0.717) is 36.5 Å². The van der Waals surface area contributed by atoms with Gasteiger partial charge in [0.2, 0.25) is 15.9 Å². The number of pyridine rings is 1. The Hall–Kier alpha value is -2.15. The van der Waals surface area contributed by atoms with Gasteiger partial charge in [-0.2, -0.15) is 4.31 Å². The minimum Gasteiger partial charge on any atom is -0.376 e. The standard InChI is InChI=1S/C32H45ClFN5O4S/c1-20(2)43-26-12-7-22(8-13-26)30(21-5-9-23(33)10-6-21)31(35)32(40)38-29-18-36-17-28(34)27(29)14-11-25-16-37-24-4-3-15-44(41,42)39(25)19-24/h5-6,9-10,17-18,20,22,24-26,30-31,37H,3-4,7-8,11-16,19,35H2,1-2H3,(H,38,40)/t22-,24-,25+,26-,30+,31+/m1/s1. The van der Waals surface area contributed by atoms with Crippen molar-refractivity contribution in [2.24, 2.45) is 11.7 Å². The molecule has 2 aromatic rings. The number of nitrogens with one attached hydrogen (secondary N) is 2. The van der Waals surface area contributed by atoms with Gasteiger partial charge >= 0.3 is 0 Å². The molecule has 3 fully saturated rings. The molecule has 12 heteroatoms. The summed E-state index contributed by atoms with van der Waals surface area (Å²) in [5.74, 6) is -0.948. The van der Waals surface area contributed by atoms with Gasteiger partial charge in [0.1, 0.15) is 5.82 Å². The molecule has 242 valence electrons. The highest BCUT2D eigenvalue weighted by Gasteiger charge is 2.39. The molecule has 3 aliphatic rings. The van der Waals surface area contributed by atoms with E-state index in [9.17, 15) is 13.2 Å². The van der Waals surface area contributed by atoms with Crippen LogP contribution in [-0.2, 0) is 26.0 Å². The molecule has 5 atom stereocenters. The number of nitrogens with zero attached hydrogens (tertiary/aromatic N) is 2. The highest BCUT2D eigenvalue weighted by Crippen LogP contribution is 2.39. The molecule has 1 amide bonds. The van der Waals surface area contributed by atoms with Crippen molar-refractivity contribution in [1.82, 2.24) is 14.6 Å². The van der Waals surface area contributed by atoms with E-state index in [2.05, 4.69) is 15.6 Å². The lowest BCUT2D eigenvalue weighted by Crippen LogP contribution is -2.57. The largest absolute Gasteiger partial charge is 0.376 e. The van der Waals surface area contributed by atoms with Crippen LogP contribution in [0.4, 0.5) is 10.1 Å². The van der Waals surface area contributed by atoms with Crippen molar-refractivity contribution in [3.05, 3.63) is 58.6 Å². The molecule has 4 N–H and O–H groups in total. The Bertz CT molecular complexity index is 1390. The topological polar surface area (TPSA) is 127 Å². The quantitative estimate of drug-likeness (QED) is 0.343. The molecular formula is C32H45ClFN5O4S. The Morgan fingerprint density at radius 2 is 1.91 bits per heavy atom. The van der Waals surface area contributed by atoms with E-state index in [1.807, 2.05) is 38.1 Å². The summed E-state index contributed by atoms with van der Waals surface area (Å²) in [6.07, 6.45) is 8.53. The van der Waals surface area contributed by atoms with E-state index in [1.54, 1.807) is 4.31 Å². The van der Waals surface area contributed by atoms with Gasteiger partial charge in [-0.05, 0) is 88.8 Å². The Kier molecular flexibility index (Phi) is 11.0. The zero-order valence-electron chi connectivity index (χ0n) is 25.6. The van der Waals surface area contributed by atoms with Crippen LogP contribution in [0, 0.1) is 11.7 Å². The Labute approximate surface area is 265 Å². The van der Waals surface area contributed by atoms with E-state index in [4.69, 9.17) is 22.1 Å². The molecule has 1 aromatic carbocycles. The van der Waals surface area contributed by atoms with Crippen molar-refractivity contribution in [3.8, 4) is 0 Å². The number of fused-ring (bicyclic) bond motifs is 2. The van der Waals surface area contributed by atoms with Crippen LogP contribution in [0.2, 0.25) is 5.02 Å². The molecule has 2 saturated heterocycles. The van der Waals surface area contributed by atoms with E-state index >= 15 is 4.39 Å². The Balaban J connectivity index is 1.31. The van der Waals surface area contributed by atoms with E-state index in [0.717, 1.165) is 43.9 Å². The third-order valence-corrected chi connectivity index (χ3v) is 11.6. The average Bonchev–Trinajstić information content (AvgIpc) is 3.10. The molecule has 2 bridgehead atoms. The maximum atomic E-state index is 15.2. The average molecular weight is 650 g/mol. The van der Waals surface area contributed by atoms with Gasteiger partial charge in [0.25, 0.3) is 0 Å². The lowest BCUT2D eigenvalue weighted by molar-refractivity contribution is -0.118. The van der Waals surface area contributed by atoms with Crippen molar-refractivity contribution in [1.29, 1.82) is 0 Å². The molecule has 1 aromatic heterocycles. The van der Waals surface area contributed by atoms with Crippen molar-refractivity contribution in [3.63, 3.8) is 0 Å². The van der Waals surface area contributed by atoms with Gasteiger partial charge in [-0.15, -0.1) is 0 Å². The van der Waals surface area contributed by atoms with Gasteiger partial charge < -0.3 is 21.1 Å². The zero-order chi connectivity index (χ0) is 31.4. The number of anilines is 1. The number of halogens is 2. The minimum absolute atomic E-state index is 0.131. The number of amides is 1.